The van der Waals surface area contributed by atoms with E-state index >= 15 is 0 Å². The van der Waals surface area contributed by atoms with Crippen LogP contribution in [0.1, 0.15) is 11.1 Å². The van der Waals surface area contributed by atoms with E-state index in [-0.39, 0.29) is 5.82 Å². The summed E-state index contributed by atoms with van der Waals surface area (Å²) in [5.41, 5.74) is 7.52. The molecule has 106 valence electrons. The second-order valence-electron chi connectivity index (χ2n) is 4.21. The summed E-state index contributed by atoms with van der Waals surface area (Å²) in [7, 11) is 1.61. The zero-order valence-electron chi connectivity index (χ0n) is 11.0. The number of nitrogens with two attached hydrogens (primary N) is 1. The van der Waals surface area contributed by atoms with Gasteiger partial charge < -0.3 is 15.2 Å². The van der Waals surface area contributed by atoms with Crippen molar-refractivity contribution in [2.75, 3.05) is 7.11 Å². The van der Waals surface area contributed by atoms with Gasteiger partial charge in [-0.2, -0.15) is 0 Å². The van der Waals surface area contributed by atoms with E-state index in [0.717, 1.165) is 16.9 Å². The quantitative estimate of drug-likeness (QED) is 0.904. The predicted octanol–water partition coefficient (Wildman–Crippen LogP) is 3.63. The molecule has 0 spiro atoms. The summed E-state index contributed by atoms with van der Waals surface area (Å²) in [4.78, 5) is 0. The van der Waals surface area contributed by atoms with Gasteiger partial charge in [-0.1, -0.05) is 12.1 Å². The van der Waals surface area contributed by atoms with Crippen molar-refractivity contribution in [2.24, 2.45) is 5.73 Å². The molecular formula is C15H15BrFNO2. The first kappa shape index (κ1) is 14.8. The molecule has 2 aromatic carbocycles. The van der Waals surface area contributed by atoms with Crippen LogP contribution in [0.2, 0.25) is 0 Å². The lowest BCUT2D eigenvalue weighted by molar-refractivity contribution is 0.302. The molecule has 0 saturated heterocycles. The lowest BCUT2D eigenvalue weighted by atomic mass is 10.1. The van der Waals surface area contributed by atoms with Gasteiger partial charge in [0.25, 0.3) is 0 Å². The summed E-state index contributed by atoms with van der Waals surface area (Å²) in [5.74, 6) is 1.03. The lowest BCUT2D eigenvalue weighted by Gasteiger charge is -2.11. The van der Waals surface area contributed by atoms with Gasteiger partial charge in [-0.05, 0) is 45.8 Å². The molecule has 2 N–H and O–H groups in total. The van der Waals surface area contributed by atoms with Gasteiger partial charge in [-0.3, -0.25) is 0 Å². The molecule has 5 heteroatoms. The van der Waals surface area contributed by atoms with Gasteiger partial charge in [0, 0.05) is 12.1 Å². The molecule has 0 heterocycles. The van der Waals surface area contributed by atoms with Gasteiger partial charge in [0.05, 0.1) is 11.6 Å². The molecule has 0 amide bonds. The highest BCUT2D eigenvalue weighted by molar-refractivity contribution is 9.10. The van der Waals surface area contributed by atoms with E-state index in [1.807, 2.05) is 18.2 Å². The fourth-order valence-corrected chi connectivity index (χ4v) is 2.27. The molecule has 0 bridgehead atoms. The van der Waals surface area contributed by atoms with Gasteiger partial charge in [0.1, 0.15) is 23.9 Å². The minimum absolute atomic E-state index is 0.307. The Morgan fingerprint density at radius 3 is 2.60 bits per heavy atom. The summed E-state index contributed by atoms with van der Waals surface area (Å²) in [6, 6.07) is 10.1. The second kappa shape index (κ2) is 6.72. The van der Waals surface area contributed by atoms with Crippen LogP contribution in [0.3, 0.4) is 0 Å². The Kier molecular flexibility index (Phi) is 4.98. The molecule has 0 radical (unpaired) electrons. The van der Waals surface area contributed by atoms with Crippen molar-refractivity contribution in [1.29, 1.82) is 0 Å². The molecule has 0 unspecified atom stereocenters. The second-order valence-corrected chi connectivity index (χ2v) is 5.07. The first-order valence-corrected chi connectivity index (χ1v) is 6.87. The van der Waals surface area contributed by atoms with E-state index < -0.39 is 0 Å². The third kappa shape index (κ3) is 3.49. The average molecular weight is 340 g/mol. The highest BCUT2D eigenvalue weighted by atomic mass is 79.9. The molecule has 0 fully saturated rings. The lowest BCUT2D eigenvalue weighted by Crippen LogP contribution is -2.02. The average Bonchev–Trinajstić information content (AvgIpc) is 2.46. The zero-order valence-corrected chi connectivity index (χ0v) is 12.6. The summed E-state index contributed by atoms with van der Waals surface area (Å²) in [5, 5.41) is 0. The normalized spacial score (nSPS) is 10.4. The molecule has 2 aromatic rings. The fourth-order valence-electron chi connectivity index (χ4n) is 1.80. The maximum Gasteiger partial charge on any atom is 0.134 e. The Morgan fingerprint density at radius 1 is 1.15 bits per heavy atom. The molecule has 3 nitrogen and oxygen atoms in total. The number of halogens is 2. The van der Waals surface area contributed by atoms with Crippen LogP contribution in [0.25, 0.3) is 0 Å². The first-order chi connectivity index (χ1) is 9.63. The Morgan fingerprint density at radius 2 is 1.95 bits per heavy atom. The van der Waals surface area contributed by atoms with Crippen molar-refractivity contribution >= 4 is 15.9 Å². The standard InChI is InChI=1S/C15H15BrFNO2/c1-19-15-6-10(2-3-11(15)8-18)9-20-14-5-4-12(17)7-13(14)16/h2-7H,8-9,18H2,1H3. The predicted molar refractivity (Wildman–Crippen MR) is 79.3 cm³/mol. The molecule has 0 aliphatic rings. The van der Waals surface area contributed by atoms with Crippen molar-refractivity contribution < 1.29 is 13.9 Å². The monoisotopic (exact) mass is 339 g/mol. The largest absolute Gasteiger partial charge is 0.496 e. The number of hydrogen-bond acceptors (Lipinski definition) is 3. The van der Waals surface area contributed by atoms with Crippen molar-refractivity contribution in [3.05, 3.63) is 57.8 Å². The number of benzene rings is 2. The fraction of sp³-hybridized carbons (Fsp3) is 0.200. The molecule has 0 atom stereocenters. The minimum atomic E-state index is -0.307. The van der Waals surface area contributed by atoms with Gasteiger partial charge in [0.15, 0.2) is 0 Å². The minimum Gasteiger partial charge on any atom is -0.496 e. The Balaban J connectivity index is 2.10. The summed E-state index contributed by atoms with van der Waals surface area (Å²) in [6.45, 7) is 0.791. The van der Waals surface area contributed by atoms with Gasteiger partial charge in [-0.25, -0.2) is 4.39 Å². The van der Waals surface area contributed by atoms with Crippen LogP contribution in [-0.2, 0) is 13.2 Å². The van der Waals surface area contributed by atoms with Crippen LogP contribution in [0.15, 0.2) is 40.9 Å². The van der Waals surface area contributed by atoms with Crippen LogP contribution in [0.4, 0.5) is 4.39 Å². The van der Waals surface area contributed by atoms with E-state index in [1.165, 1.54) is 12.1 Å². The maximum absolute atomic E-state index is 13.0. The van der Waals surface area contributed by atoms with Crippen molar-refractivity contribution in [1.82, 2.24) is 0 Å². The number of rotatable bonds is 5. The molecule has 0 saturated carbocycles. The third-order valence-corrected chi connectivity index (χ3v) is 3.48. The van der Waals surface area contributed by atoms with E-state index in [2.05, 4.69) is 15.9 Å². The van der Waals surface area contributed by atoms with E-state index in [1.54, 1.807) is 13.2 Å². The van der Waals surface area contributed by atoms with Crippen molar-refractivity contribution in [2.45, 2.75) is 13.2 Å². The van der Waals surface area contributed by atoms with E-state index in [4.69, 9.17) is 15.2 Å². The summed E-state index contributed by atoms with van der Waals surface area (Å²) >= 11 is 3.27. The Bertz CT molecular complexity index is 604. The summed E-state index contributed by atoms with van der Waals surface area (Å²) in [6.07, 6.45) is 0. The molecule has 0 aliphatic carbocycles. The topological polar surface area (TPSA) is 44.5 Å². The summed E-state index contributed by atoms with van der Waals surface area (Å²) < 4.78 is 24.5. The maximum atomic E-state index is 13.0. The van der Waals surface area contributed by atoms with E-state index in [9.17, 15) is 4.39 Å². The van der Waals surface area contributed by atoms with Crippen LogP contribution >= 0.6 is 15.9 Å². The smallest absolute Gasteiger partial charge is 0.134 e. The third-order valence-electron chi connectivity index (χ3n) is 2.86. The van der Waals surface area contributed by atoms with Crippen LogP contribution in [-0.4, -0.2) is 7.11 Å². The van der Waals surface area contributed by atoms with Gasteiger partial charge >= 0.3 is 0 Å². The Labute approximate surface area is 125 Å². The van der Waals surface area contributed by atoms with Gasteiger partial charge in [0.2, 0.25) is 0 Å². The van der Waals surface area contributed by atoms with Crippen LogP contribution in [0.5, 0.6) is 11.5 Å². The van der Waals surface area contributed by atoms with Gasteiger partial charge in [-0.15, -0.1) is 0 Å². The molecule has 2 rings (SSSR count). The highest BCUT2D eigenvalue weighted by Gasteiger charge is 2.06. The SMILES string of the molecule is COc1cc(COc2ccc(F)cc2Br)ccc1CN. The highest BCUT2D eigenvalue weighted by Crippen LogP contribution is 2.27. The van der Waals surface area contributed by atoms with Crippen molar-refractivity contribution in [3.8, 4) is 11.5 Å². The Hall–Kier alpha value is -1.59. The number of hydrogen-bond donors (Lipinski definition) is 1. The van der Waals surface area contributed by atoms with E-state index in [0.29, 0.717) is 23.4 Å². The van der Waals surface area contributed by atoms with Crippen LogP contribution < -0.4 is 15.2 Å². The molecular weight excluding hydrogens is 325 g/mol. The zero-order chi connectivity index (χ0) is 14.5. The van der Waals surface area contributed by atoms with Crippen LogP contribution in [0, 0.1) is 5.82 Å². The number of ether oxygens (including phenoxy) is 2. The number of methoxy groups -OCH3 is 1. The molecule has 0 aliphatic heterocycles. The molecule has 0 aromatic heterocycles. The molecule has 20 heavy (non-hydrogen) atoms. The first-order valence-electron chi connectivity index (χ1n) is 6.07. The van der Waals surface area contributed by atoms with Crippen molar-refractivity contribution in [3.63, 3.8) is 0 Å².